The third-order valence-electron chi connectivity index (χ3n) is 4.30. The first-order chi connectivity index (χ1) is 12.0. The monoisotopic (exact) mass is 342 g/mol. The number of esters is 1. The van der Waals surface area contributed by atoms with Gasteiger partial charge in [-0.1, -0.05) is 0 Å². The minimum absolute atomic E-state index is 0.0454. The molecule has 2 heterocycles. The molecule has 1 aromatic carbocycles. The summed E-state index contributed by atoms with van der Waals surface area (Å²) in [5.41, 5.74) is 1.86. The number of anilines is 1. The van der Waals surface area contributed by atoms with E-state index in [2.05, 4.69) is 9.88 Å². The summed E-state index contributed by atoms with van der Waals surface area (Å²) in [6.45, 7) is 3.04. The van der Waals surface area contributed by atoms with Crippen molar-refractivity contribution in [1.29, 1.82) is 0 Å². The van der Waals surface area contributed by atoms with Crippen molar-refractivity contribution in [2.24, 2.45) is 0 Å². The number of rotatable bonds is 4. The van der Waals surface area contributed by atoms with Crippen LogP contribution in [-0.2, 0) is 4.74 Å². The van der Waals surface area contributed by atoms with E-state index in [1.54, 1.807) is 6.92 Å². The summed E-state index contributed by atoms with van der Waals surface area (Å²) in [5.74, 6) is -1.06. The predicted molar refractivity (Wildman–Crippen MR) is 91.3 cm³/mol. The molecule has 0 bridgehead atoms. The number of pyridine rings is 1. The summed E-state index contributed by atoms with van der Waals surface area (Å²) in [7, 11) is 0. The van der Waals surface area contributed by atoms with Crippen LogP contribution < -0.4 is 4.90 Å². The van der Waals surface area contributed by atoms with Crippen LogP contribution in [0.25, 0.3) is 0 Å². The zero-order valence-electron chi connectivity index (χ0n) is 13.9. The summed E-state index contributed by atoms with van der Waals surface area (Å²) in [6, 6.07) is 8.63. The van der Waals surface area contributed by atoms with Gasteiger partial charge in [-0.05, 0) is 37.3 Å². The maximum atomic E-state index is 13.1. The second-order valence-electron chi connectivity index (χ2n) is 6.09. The maximum Gasteiger partial charge on any atom is 0.340 e. The number of hydrogen-bond donors (Lipinski definition) is 0. The largest absolute Gasteiger partial charge is 0.459 e. The van der Waals surface area contributed by atoms with Crippen LogP contribution >= 0.6 is 0 Å². The van der Waals surface area contributed by atoms with Crippen molar-refractivity contribution in [3.8, 4) is 0 Å². The molecule has 6 heteroatoms. The zero-order chi connectivity index (χ0) is 17.8. The Morgan fingerprint density at radius 1 is 1.12 bits per heavy atom. The molecule has 0 amide bonds. The fourth-order valence-corrected chi connectivity index (χ4v) is 2.88. The first kappa shape index (κ1) is 17.1. The van der Waals surface area contributed by atoms with Crippen LogP contribution in [0.5, 0.6) is 0 Å². The van der Waals surface area contributed by atoms with Gasteiger partial charge in [-0.3, -0.25) is 9.78 Å². The van der Waals surface area contributed by atoms with Gasteiger partial charge in [0.2, 0.25) is 0 Å². The highest BCUT2D eigenvalue weighted by molar-refractivity contribution is 5.94. The molecular weight excluding hydrogens is 323 g/mol. The Labute approximate surface area is 145 Å². The minimum Gasteiger partial charge on any atom is -0.459 e. The van der Waals surface area contributed by atoms with Gasteiger partial charge in [0, 0.05) is 43.4 Å². The highest BCUT2D eigenvalue weighted by Gasteiger charge is 2.23. The summed E-state index contributed by atoms with van der Waals surface area (Å²) < 4.78 is 18.6. The summed E-state index contributed by atoms with van der Waals surface area (Å²) >= 11 is 0. The third kappa shape index (κ3) is 4.21. The molecule has 5 nitrogen and oxygen atoms in total. The van der Waals surface area contributed by atoms with Crippen molar-refractivity contribution < 1.29 is 18.7 Å². The SMILES string of the molecule is CC(=O)c1ccc(N2CCC(OC(=O)c3cncc(F)c3)CC2)cc1. The lowest BCUT2D eigenvalue weighted by atomic mass is 10.1. The lowest BCUT2D eigenvalue weighted by molar-refractivity contribution is 0.0244. The number of carbonyl (C=O) groups is 2. The van der Waals surface area contributed by atoms with Gasteiger partial charge >= 0.3 is 5.97 Å². The van der Waals surface area contributed by atoms with Crippen LogP contribution in [0.15, 0.2) is 42.7 Å². The molecule has 1 saturated heterocycles. The number of aromatic nitrogens is 1. The topological polar surface area (TPSA) is 59.5 Å². The molecule has 3 rings (SSSR count). The number of hydrogen-bond acceptors (Lipinski definition) is 5. The molecule has 1 aliphatic rings. The standard InChI is InChI=1S/C19H19FN2O3/c1-13(23)14-2-4-17(5-3-14)22-8-6-18(7-9-22)25-19(24)15-10-16(20)12-21-11-15/h2-5,10-12,18H,6-9H2,1H3. The molecule has 130 valence electrons. The van der Waals surface area contributed by atoms with Gasteiger partial charge in [0.1, 0.15) is 11.9 Å². The molecule has 1 aromatic heterocycles. The number of halogens is 1. The Morgan fingerprint density at radius 3 is 2.40 bits per heavy atom. The number of piperidine rings is 1. The van der Waals surface area contributed by atoms with Gasteiger partial charge in [0.05, 0.1) is 11.8 Å². The average Bonchev–Trinajstić information content (AvgIpc) is 2.62. The number of ether oxygens (including phenoxy) is 1. The van der Waals surface area contributed by atoms with Crippen LogP contribution in [-0.4, -0.2) is 35.9 Å². The fraction of sp³-hybridized carbons (Fsp3) is 0.316. The van der Waals surface area contributed by atoms with Crippen molar-refractivity contribution in [3.63, 3.8) is 0 Å². The van der Waals surface area contributed by atoms with Crippen molar-refractivity contribution >= 4 is 17.4 Å². The summed E-state index contributed by atoms with van der Waals surface area (Å²) in [4.78, 5) is 29.2. The maximum absolute atomic E-state index is 13.1. The zero-order valence-corrected chi connectivity index (χ0v) is 13.9. The number of Topliss-reactive ketones (excluding diaryl/α,β-unsaturated/α-hetero) is 1. The lowest BCUT2D eigenvalue weighted by Crippen LogP contribution is -2.37. The van der Waals surface area contributed by atoms with E-state index in [1.807, 2.05) is 24.3 Å². The summed E-state index contributed by atoms with van der Waals surface area (Å²) in [6.07, 6.45) is 3.55. The number of benzene rings is 1. The molecule has 25 heavy (non-hydrogen) atoms. The average molecular weight is 342 g/mol. The third-order valence-corrected chi connectivity index (χ3v) is 4.30. The van der Waals surface area contributed by atoms with E-state index >= 15 is 0 Å². The molecule has 1 aliphatic heterocycles. The Balaban J connectivity index is 1.55. The van der Waals surface area contributed by atoms with Gasteiger partial charge in [-0.15, -0.1) is 0 Å². The van der Waals surface area contributed by atoms with Gasteiger partial charge in [-0.25, -0.2) is 9.18 Å². The molecular formula is C19H19FN2O3. The van der Waals surface area contributed by atoms with Gasteiger partial charge in [0.15, 0.2) is 5.78 Å². The smallest absolute Gasteiger partial charge is 0.340 e. The van der Waals surface area contributed by atoms with E-state index < -0.39 is 11.8 Å². The Kier molecular flexibility index (Phi) is 5.07. The molecule has 0 spiro atoms. The van der Waals surface area contributed by atoms with Crippen molar-refractivity contribution in [2.75, 3.05) is 18.0 Å². The van der Waals surface area contributed by atoms with Crippen molar-refractivity contribution in [2.45, 2.75) is 25.9 Å². The van der Waals surface area contributed by atoms with Crippen molar-refractivity contribution in [3.05, 3.63) is 59.7 Å². The van der Waals surface area contributed by atoms with E-state index in [4.69, 9.17) is 4.74 Å². The van der Waals surface area contributed by atoms with Gasteiger partial charge in [0.25, 0.3) is 0 Å². The molecule has 0 aliphatic carbocycles. The highest BCUT2D eigenvalue weighted by Crippen LogP contribution is 2.22. The van der Waals surface area contributed by atoms with Crippen LogP contribution in [0.2, 0.25) is 0 Å². The first-order valence-electron chi connectivity index (χ1n) is 8.20. The van der Waals surface area contributed by atoms with E-state index in [9.17, 15) is 14.0 Å². The molecule has 2 aromatic rings. The lowest BCUT2D eigenvalue weighted by Gasteiger charge is -2.33. The summed E-state index contributed by atoms with van der Waals surface area (Å²) in [5, 5.41) is 0. The molecule has 0 atom stereocenters. The van der Waals surface area contributed by atoms with Crippen LogP contribution in [0.1, 0.15) is 40.5 Å². The number of nitrogens with zero attached hydrogens (tertiary/aromatic N) is 2. The number of carbonyl (C=O) groups excluding carboxylic acids is 2. The highest BCUT2D eigenvalue weighted by atomic mass is 19.1. The van der Waals surface area contributed by atoms with Crippen LogP contribution in [0, 0.1) is 5.82 Å². The Morgan fingerprint density at radius 2 is 1.80 bits per heavy atom. The molecule has 0 unspecified atom stereocenters. The number of ketones is 1. The molecule has 1 fully saturated rings. The van der Waals surface area contributed by atoms with Gasteiger partial charge in [-0.2, -0.15) is 0 Å². The van der Waals surface area contributed by atoms with Crippen molar-refractivity contribution in [1.82, 2.24) is 4.98 Å². The van der Waals surface area contributed by atoms with Crippen LogP contribution in [0.3, 0.4) is 0 Å². The normalized spacial score (nSPS) is 15.0. The Hall–Kier alpha value is -2.76. The molecule has 0 radical (unpaired) electrons. The van der Waals surface area contributed by atoms with E-state index in [-0.39, 0.29) is 17.5 Å². The van der Waals surface area contributed by atoms with E-state index in [0.29, 0.717) is 18.4 Å². The Bertz CT molecular complexity index is 768. The van der Waals surface area contributed by atoms with E-state index in [0.717, 1.165) is 31.0 Å². The van der Waals surface area contributed by atoms with E-state index in [1.165, 1.54) is 6.20 Å². The molecule has 0 saturated carbocycles. The second kappa shape index (κ2) is 7.42. The second-order valence-corrected chi connectivity index (χ2v) is 6.09. The fourth-order valence-electron chi connectivity index (χ4n) is 2.88. The van der Waals surface area contributed by atoms with Crippen LogP contribution in [0.4, 0.5) is 10.1 Å². The minimum atomic E-state index is -0.557. The first-order valence-corrected chi connectivity index (χ1v) is 8.20. The quantitative estimate of drug-likeness (QED) is 0.630. The molecule has 0 N–H and O–H groups in total. The predicted octanol–water partition coefficient (Wildman–Crippen LogP) is 3.25. The van der Waals surface area contributed by atoms with Gasteiger partial charge < -0.3 is 9.64 Å².